The molecule has 3 N–H and O–H groups in total. The van der Waals surface area contributed by atoms with Crippen molar-refractivity contribution < 1.29 is 5.11 Å². The fraction of sp³-hybridized carbons (Fsp3) is 0.455. The Labute approximate surface area is 104 Å². The summed E-state index contributed by atoms with van der Waals surface area (Å²) >= 11 is 2.27. The van der Waals surface area contributed by atoms with Crippen LogP contribution in [0.4, 0.5) is 11.4 Å². The fourth-order valence-electron chi connectivity index (χ4n) is 1.52. The van der Waals surface area contributed by atoms with Gasteiger partial charge in [-0.1, -0.05) is 0 Å². The van der Waals surface area contributed by atoms with Gasteiger partial charge in [-0.2, -0.15) is 0 Å². The van der Waals surface area contributed by atoms with Gasteiger partial charge in [0.2, 0.25) is 0 Å². The Bertz CT molecular complexity index is 328. The lowest BCUT2D eigenvalue weighted by Gasteiger charge is -2.29. The van der Waals surface area contributed by atoms with Crippen LogP contribution in [0.3, 0.4) is 0 Å². The van der Waals surface area contributed by atoms with E-state index in [0.717, 1.165) is 14.9 Å². The Morgan fingerprint density at radius 2 is 2.13 bits per heavy atom. The van der Waals surface area contributed by atoms with Crippen molar-refractivity contribution in [3.63, 3.8) is 0 Å². The van der Waals surface area contributed by atoms with E-state index in [1.54, 1.807) is 0 Å². The first kappa shape index (κ1) is 12.6. The predicted molar refractivity (Wildman–Crippen MR) is 73.1 cm³/mol. The van der Waals surface area contributed by atoms with Crippen molar-refractivity contribution in [2.75, 3.05) is 23.8 Å². The second-order valence-electron chi connectivity index (χ2n) is 3.72. The Morgan fingerprint density at radius 1 is 1.47 bits per heavy atom. The number of nitrogens with two attached hydrogens (primary N) is 1. The first-order valence-corrected chi connectivity index (χ1v) is 6.06. The number of anilines is 2. The van der Waals surface area contributed by atoms with Crippen LogP contribution in [-0.2, 0) is 0 Å². The molecule has 0 saturated carbocycles. The van der Waals surface area contributed by atoms with Gasteiger partial charge in [-0.3, -0.25) is 0 Å². The van der Waals surface area contributed by atoms with E-state index in [1.165, 1.54) is 0 Å². The molecule has 0 unspecified atom stereocenters. The molecular formula is C11H17IN2O. The summed E-state index contributed by atoms with van der Waals surface area (Å²) in [5.74, 6) is 0. The number of halogens is 1. The molecule has 0 aliphatic heterocycles. The van der Waals surface area contributed by atoms with E-state index < -0.39 is 0 Å². The second-order valence-corrected chi connectivity index (χ2v) is 4.88. The molecule has 1 rings (SSSR count). The number of nitrogens with zero attached hydrogens (tertiary/aromatic N) is 1. The molecule has 0 fully saturated rings. The van der Waals surface area contributed by atoms with Crippen molar-refractivity contribution in [1.82, 2.24) is 0 Å². The lowest BCUT2D eigenvalue weighted by molar-refractivity contribution is 0.299. The highest BCUT2D eigenvalue weighted by Crippen LogP contribution is 2.26. The highest BCUT2D eigenvalue weighted by molar-refractivity contribution is 14.1. The maximum absolute atomic E-state index is 9.02. The van der Waals surface area contributed by atoms with Crippen LogP contribution in [0.1, 0.15) is 13.8 Å². The zero-order valence-electron chi connectivity index (χ0n) is 9.07. The molecule has 0 amide bonds. The van der Waals surface area contributed by atoms with Crippen LogP contribution in [0.25, 0.3) is 0 Å². The van der Waals surface area contributed by atoms with Gasteiger partial charge in [0.05, 0.1) is 12.3 Å². The highest BCUT2D eigenvalue weighted by atomic mass is 127. The molecule has 1 aromatic rings. The van der Waals surface area contributed by atoms with Gasteiger partial charge in [0.25, 0.3) is 0 Å². The van der Waals surface area contributed by atoms with Crippen molar-refractivity contribution >= 4 is 34.0 Å². The smallest absolute Gasteiger partial charge is 0.0606 e. The minimum atomic E-state index is 0.165. The zero-order valence-corrected chi connectivity index (χ0v) is 11.2. The van der Waals surface area contributed by atoms with Crippen LogP contribution in [0.5, 0.6) is 0 Å². The first-order valence-electron chi connectivity index (χ1n) is 4.98. The van der Waals surface area contributed by atoms with E-state index in [4.69, 9.17) is 10.8 Å². The van der Waals surface area contributed by atoms with Gasteiger partial charge in [0.1, 0.15) is 0 Å². The number of benzene rings is 1. The Hall–Kier alpha value is -0.490. The predicted octanol–water partition coefficient (Wildman–Crippen LogP) is 2.08. The molecule has 0 bridgehead atoms. The van der Waals surface area contributed by atoms with Gasteiger partial charge in [0.15, 0.2) is 0 Å². The summed E-state index contributed by atoms with van der Waals surface area (Å²) in [5.41, 5.74) is 7.61. The van der Waals surface area contributed by atoms with Gasteiger partial charge in [0, 0.05) is 21.8 Å². The normalized spacial score (nSPS) is 10.7. The third-order valence-electron chi connectivity index (χ3n) is 2.25. The minimum absolute atomic E-state index is 0.165. The summed E-state index contributed by atoms with van der Waals surface area (Å²) in [5, 5.41) is 9.02. The second kappa shape index (κ2) is 5.55. The van der Waals surface area contributed by atoms with Gasteiger partial charge in [-0.15, -0.1) is 0 Å². The molecular weight excluding hydrogens is 303 g/mol. The van der Waals surface area contributed by atoms with E-state index in [1.807, 2.05) is 18.2 Å². The van der Waals surface area contributed by atoms with Gasteiger partial charge in [-0.05, 0) is 54.6 Å². The standard InChI is InChI=1S/C11H17IN2O/c1-8(2)14(5-6-15)11-4-3-9(13)7-10(11)12/h3-4,7-8,15H,5-6,13H2,1-2H3. The molecule has 3 nitrogen and oxygen atoms in total. The maximum atomic E-state index is 9.02. The van der Waals surface area contributed by atoms with Crippen molar-refractivity contribution in [3.05, 3.63) is 21.8 Å². The molecule has 0 radical (unpaired) electrons. The monoisotopic (exact) mass is 320 g/mol. The molecule has 0 aliphatic carbocycles. The average molecular weight is 320 g/mol. The Balaban J connectivity index is 3.00. The molecule has 1 aromatic carbocycles. The van der Waals surface area contributed by atoms with Gasteiger partial charge >= 0.3 is 0 Å². The third-order valence-corrected chi connectivity index (χ3v) is 3.11. The summed E-state index contributed by atoms with van der Waals surface area (Å²) in [6, 6.07) is 6.22. The third kappa shape index (κ3) is 3.24. The summed E-state index contributed by atoms with van der Waals surface area (Å²) in [6.45, 7) is 5.04. The largest absolute Gasteiger partial charge is 0.399 e. The van der Waals surface area contributed by atoms with Crippen LogP contribution in [0.15, 0.2) is 18.2 Å². The number of hydrogen-bond donors (Lipinski definition) is 2. The SMILES string of the molecule is CC(C)N(CCO)c1ccc(N)cc1I. The number of nitrogen functional groups attached to an aromatic ring is 1. The van der Waals surface area contributed by atoms with E-state index >= 15 is 0 Å². The summed E-state index contributed by atoms with van der Waals surface area (Å²) < 4.78 is 1.12. The van der Waals surface area contributed by atoms with E-state index in [-0.39, 0.29) is 6.61 Å². The molecule has 0 saturated heterocycles. The van der Waals surface area contributed by atoms with E-state index in [0.29, 0.717) is 12.6 Å². The Morgan fingerprint density at radius 3 is 2.60 bits per heavy atom. The quantitative estimate of drug-likeness (QED) is 0.660. The Kier molecular flexibility index (Phi) is 4.66. The molecule has 0 spiro atoms. The maximum Gasteiger partial charge on any atom is 0.0606 e. The van der Waals surface area contributed by atoms with Crippen molar-refractivity contribution in [2.45, 2.75) is 19.9 Å². The minimum Gasteiger partial charge on any atom is -0.399 e. The molecule has 0 atom stereocenters. The van der Waals surface area contributed by atoms with Crippen LogP contribution < -0.4 is 10.6 Å². The topological polar surface area (TPSA) is 49.5 Å². The molecule has 4 heteroatoms. The number of rotatable bonds is 4. The molecule has 0 aromatic heterocycles. The fourth-order valence-corrected chi connectivity index (χ4v) is 2.37. The van der Waals surface area contributed by atoms with Gasteiger partial charge < -0.3 is 15.7 Å². The van der Waals surface area contributed by atoms with E-state index in [9.17, 15) is 0 Å². The summed E-state index contributed by atoms with van der Waals surface area (Å²) in [4.78, 5) is 2.17. The van der Waals surface area contributed by atoms with Gasteiger partial charge in [-0.25, -0.2) is 0 Å². The van der Waals surface area contributed by atoms with Crippen LogP contribution in [0, 0.1) is 3.57 Å². The molecule has 15 heavy (non-hydrogen) atoms. The van der Waals surface area contributed by atoms with Crippen molar-refractivity contribution in [3.8, 4) is 0 Å². The van der Waals surface area contributed by atoms with Crippen LogP contribution >= 0.6 is 22.6 Å². The number of aliphatic hydroxyl groups is 1. The molecule has 84 valence electrons. The number of hydrogen-bond acceptors (Lipinski definition) is 3. The highest BCUT2D eigenvalue weighted by Gasteiger charge is 2.12. The van der Waals surface area contributed by atoms with Crippen LogP contribution in [0.2, 0.25) is 0 Å². The van der Waals surface area contributed by atoms with Crippen LogP contribution in [-0.4, -0.2) is 24.3 Å². The summed E-state index contributed by atoms with van der Waals surface area (Å²) in [7, 11) is 0. The zero-order chi connectivity index (χ0) is 11.4. The molecule has 0 aliphatic rings. The summed E-state index contributed by atoms with van der Waals surface area (Å²) in [6.07, 6.45) is 0. The van der Waals surface area contributed by atoms with E-state index in [2.05, 4.69) is 41.3 Å². The first-order chi connectivity index (χ1) is 7.06. The average Bonchev–Trinajstić information content (AvgIpc) is 2.15. The van der Waals surface area contributed by atoms with Crippen molar-refractivity contribution in [1.29, 1.82) is 0 Å². The lowest BCUT2D eigenvalue weighted by Crippen LogP contribution is -2.34. The van der Waals surface area contributed by atoms with Crippen molar-refractivity contribution in [2.24, 2.45) is 0 Å². The lowest BCUT2D eigenvalue weighted by atomic mass is 10.2. The number of aliphatic hydroxyl groups excluding tert-OH is 1. The molecule has 0 heterocycles.